The van der Waals surface area contributed by atoms with Crippen molar-refractivity contribution in [3.05, 3.63) is 30.1 Å². The summed E-state index contributed by atoms with van der Waals surface area (Å²) in [4.78, 5) is 3.34. The third kappa shape index (κ3) is 1.30. The molecule has 72 valence electrons. The van der Waals surface area contributed by atoms with E-state index < -0.39 is 11.6 Å². The van der Waals surface area contributed by atoms with Crippen LogP contribution in [0.4, 0.5) is 14.7 Å². The highest BCUT2D eigenvalue weighted by Gasteiger charge is 2.15. The van der Waals surface area contributed by atoms with Crippen molar-refractivity contribution in [3.63, 3.8) is 0 Å². The van der Waals surface area contributed by atoms with E-state index in [2.05, 4.69) is 14.7 Å². The standard InChI is InChI=1S/C8H5F2N3O/c9-4-2-12-3-5(10)8(4)6-1-7(11)14-13-6/h1-3H,11H2. The molecule has 4 nitrogen and oxygen atoms in total. The number of nitrogen functional groups attached to an aromatic ring is 1. The van der Waals surface area contributed by atoms with Crippen molar-refractivity contribution >= 4 is 5.88 Å². The number of nitrogens with two attached hydrogens (primary N) is 1. The topological polar surface area (TPSA) is 64.9 Å². The summed E-state index contributed by atoms with van der Waals surface area (Å²) < 4.78 is 30.7. The first-order valence-corrected chi connectivity index (χ1v) is 3.70. The molecule has 0 saturated heterocycles. The smallest absolute Gasteiger partial charge is 0.222 e. The van der Waals surface area contributed by atoms with Gasteiger partial charge in [0.2, 0.25) is 5.88 Å². The normalized spacial score (nSPS) is 10.4. The molecule has 2 aromatic heterocycles. The summed E-state index contributed by atoms with van der Waals surface area (Å²) in [6.45, 7) is 0. The second-order valence-electron chi connectivity index (χ2n) is 2.59. The molecule has 0 aliphatic carbocycles. The molecule has 0 atom stereocenters. The predicted octanol–water partition coefficient (Wildman–Crippen LogP) is 1.60. The van der Waals surface area contributed by atoms with Crippen LogP contribution in [0.1, 0.15) is 0 Å². The molecule has 0 bridgehead atoms. The number of hydrogen-bond acceptors (Lipinski definition) is 4. The first kappa shape index (κ1) is 8.61. The van der Waals surface area contributed by atoms with E-state index in [9.17, 15) is 8.78 Å². The van der Waals surface area contributed by atoms with Gasteiger partial charge < -0.3 is 10.3 Å². The number of nitrogens with zero attached hydrogens (tertiary/aromatic N) is 2. The molecule has 6 heteroatoms. The molecule has 0 aliphatic rings. The van der Waals surface area contributed by atoms with Crippen molar-refractivity contribution in [2.45, 2.75) is 0 Å². The highest BCUT2D eigenvalue weighted by atomic mass is 19.1. The molecule has 14 heavy (non-hydrogen) atoms. The second kappa shape index (κ2) is 3.06. The largest absolute Gasteiger partial charge is 0.368 e. The van der Waals surface area contributed by atoms with E-state index in [4.69, 9.17) is 5.73 Å². The van der Waals surface area contributed by atoms with Crippen LogP contribution in [0.15, 0.2) is 23.0 Å². The summed E-state index contributed by atoms with van der Waals surface area (Å²) in [5.74, 6) is -1.62. The highest BCUT2D eigenvalue weighted by molar-refractivity contribution is 5.61. The van der Waals surface area contributed by atoms with Gasteiger partial charge in [-0.2, -0.15) is 0 Å². The summed E-state index contributed by atoms with van der Waals surface area (Å²) in [7, 11) is 0. The SMILES string of the molecule is Nc1cc(-c2c(F)cncc2F)no1. The molecule has 0 unspecified atom stereocenters. The van der Waals surface area contributed by atoms with E-state index in [1.165, 1.54) is 6.07 Å². The Kier molecular flexibility index (Phi) is 1.88. The Morgan fingerprint density at radius 3 is 2.36 bits per heavy atom. The molecule has 2 N–H and O–H groups in total. The number of rotatable bonds is 1. The van der Waals surface area contributed by atoms with Crippen molar-refractivity contribution < 1.29 is 13.3 Å². The zero-order valence-corrected chi connectivity index (χ0v) is 6.87. The van der Waals surface area contributed by atoms with Crippen LogP contribution in [0.5, 0.6) is 0 Å². The minimum absolute atomic E-state index is 0.00406. The third-order valence-corrected chi connectivity index (χ3v) is 1.64. The van der Waals surface area contributed by atoms with Gasteiger partial charge in [-0.25, -0.2) is 8.78 Å². The van der Waals surface area contributed by atoms with Crippen molar-refractivity contribution in [2.75, 3.05) is 5.73 Å². The first-order chi connectivity index (χ1) is 6.68. The molecule has 2 heterocycles. The van der Waals surface area contributed by atoms with Gasteiger partial charge in [0.25, 0.3) is 0 Å². The van der Waals surface area contributed by atoms with Crippen LogP contribution in [-0.2, 0) is 0 Å². The molecule has 0 amide bonds. The Balaban J connectivity index is 2.61. The van der Waals surface area contributed by atoms with Crippen molar-refractivity contribution in [3.8, 4) is 11.3 Å². The van der Waals surface area contributed by atoms with E-state index in [-0.39, 0.29) is 17.1 Å². The lowest BCUT2D eigenvalue weighted by Crippen LogP contribution is -1.91. The van der Waals surface area contributed by atoms with E-state index in [1.807, 2.05) is 0 Å². The van der Waals surface area contributed by atoms with Gasteiger partial charge in [0, 0.05) is 6.07 Å². The van der Waals surface area contributed by atoms with Gasteiger partial charge in [0.1, 0.15) is 5.69 Å². The number of pyridine rings is 1. The van der Waals surface area contributed by atoms with Crippen molar-refractivity contribution in [2.24, 2.45) is 0 Å². The third-order valence-electron chi connectivity index (χ3n) is 1.64. The summed E-state index contributed by atoms with van der Waals surface area (Å²) in [5, 5.41) is 3.40. The Labute approximate surface area is 77.3 Å². The van der Waals surface area contributed by atoms with Crippen LogP contribution < -0.4 is 5.73 Å². The van der Waals surface area contributed by atoms with E-state index in [1.54, 1.807) is 0 Å². The van der Waals surface area contributed by atoms with Gasteiger partial charge in [-0.05, 0) is 0 Å². The average Bonchev–Trinajstić information content (AvgIpc) is 2.51. The Morgan fingerprint density at radius 1 is 1.21 bits per heavy atom. The molecule has 0 aromatic carbocycles. The maximum atomic E-state index is 13.1. The Hall–Kier alpha value is -1.98. The fourth-order valence-corrected chi connectivity index (χ4v) is 1.06. The first-order valence-electron chi connectivity index (χ1n) is 3.70. The lowest BCUT2D eigenvalue weighted by atomic mass is 10.2. The predicted molar refractivity (Wildman–Crippen MR) is 44.1 cm³/mol. The molecular formula is C8H5F2N3O. The number of aromatic nitrogens is 2. The van der Waals surface area contributed by atoms with Crippen molar-refractivity contribution in [1.82, 2.24) is 10.1 Å². The lowest BCUT2D eigenvalue weighted by molar-refractivity contribution is 0.437. The lowest BCUT2D eigenvalue weighted by Gasteiger charge is -1.97. The second-order valence-corrected chi connectivity index (χ2v) is 2.59. The van der Waals surface area contributed by atoms with Crippen LogP contribution in [0.2, 0.25) is 0 Å². The van der Waals surface area contributed by atoms with Crippen LogP contribution in [0.3, 0.4) is 0 Å². The van der Waals surface area contributed by atoms with Crippen molar-refractivity contribution in [1.29, 1.82) is 0 Å². The van der Waals surface area contributed by atoms with E-state index >= 15 is 0 Å². The fourth-order valence-electron chi connectivity index (χ4n) is 1.06. The maximum absolute atomic E-state index is 13.1. The maximum Gasteiger partial charge on any atom is 0.222 e. The van der Waals surface area contributed by atoms with Crippen LogP contribution >= 0.6 is 0 Å². The quantitative estimate of drug-likeness (QED) is 0.753. The number of hydrogen-bond donors (Lipinski definition) is 1. The Bertz CT molecular complexity index is 449. The molecular weight excluding hydrogens is 192 g/mol. The van der Waals surface area contributed by atoms with Gasteiger partial charge in [-0.3, -0.25) is 4.98 Å². The van der Waals surface area contributed by atoms with Gasteiger partial charge in [0.05, 0.1) is 18.0 Å². The molecule has 0 saturated carbocycles. The number of anilines is 1. The van der Waals surface area contributed by atoms with Gasteiger partial charge in [-0.15, -0.1) is 0 Å². The summed E-state index contributed by atoms with van der Waals surface area (Å²) in [5.41, 5.74) is 4.95. The molecule has 0 spiro atoms. The molecule has 0 fully saturated rings. The monoisotopic (exact) mass is 197 g/mol. The van der Waals surface area contributed by atoms with Crippen LogP contribution in [0, 0.1) is 11.6 Å². The minimum atomic E-state index is -0.807. The van der Waals surface area contributed by atoms with Crippen LogP contribution in [-0.4, -0.2) is 10.1 Å². The van der Waals surface area contributed by atoms with E-state index in [0.717, 1.165) is 12.4 Å². The molecule has 2 aromatic rings. The summed E-state index contributed by atoms with van der Waals surface area (Å²) in [6, 6.07) is 1.24. The fraction of sp³-hybridized carbons (Fsp3) is 0. The Morgan fingerprint density at radius 2 is 1.86 bits per heavy atom. The van der Waals surface area contributed by atoms with Gasteiger partial charge in [0.15, 0.2) is 11.6 Å². The zero-order chi connectivity index (χ0) is 10.1. The van der Waals surface area contributed by atoms with Gasteiger partial charge in [-0.1, -0.05) is 5.16 Å². The zero-order valence-electron chi connectivity index (χ0n) is 6.87. The minimum Gasteiger partial charge on any atom is -0.368 e. The molecule has 2 rings (SSSR count). The average molecular weight is 197 g/mol. The highest BCUT2D eigenvalue weighted by Crippen LogP contribution is 2.25. The molecule has 0 aliphatic heterocycles. The van der Waals surface area contributed by atoms with E-state index in [0.29, 0.717) is 0 Å². The summed E-state index contributed by atoms with van der Waals surface area (Å²) in [6.07, 6.45) is 1.78. The van der Waals surface area contributed by atoms with Crippen LogP contribution in [0.25, 0.3) is 11.3 Å². The summed E-state index contributed by atoms with van der Waals surface area (Å²) >= 11 is 0. The van der Waals surface area contributed by atoms with Gasteiger partial charge >= 0.3 is 0 Å². The number of halogens is 2. The molecule has 0 radical (unpaired) electrons.